The predicted molar refractivity (Wildman–Crippen MR) is 136 cm³/mol. The molecule has 3 heterocycles. The van der Waals surface area contributed by atoms with Gasteiger partial charge in [-0.05, 0) is 38.1 Å². The fourth-order valence-electron chi connectivity index (χ4n) is 3.81. The summed E-state index contributed by atoms with van der Waals surface area (Å²) in [4.78, 5) is 12.3. The van der Waals surface area contributed by atoms with Crippen molar-refractivity contribution in [3.8, 4) is 28.7 Å². The minimum atomic E-state index is -4.20. The highest BCUT2D eigenvalue weighted by molar-refractivity contribution is 7.93. The van der Waals surface area contributed by atoms with Crippen molar-refractivity contribution in [1.82, 2.24) is 29.7 Å². The maximum absolute atomic E-state index is 13.6. The summed E-state index contributed by atoms with van der Waals surface area (Å²) < 4.78 is 60.9. The molecule has 0 radical (unpaired) electrons. The summed E-state index contributed by atoms with van der Waals surface area (Å²) in [6, 6.07) is 10.5. The molecule has 1 N–H and O–H groups in total. The summed E-state index contributed by atoms with van der Waals surface area (Å²) >= 11 is 0. The standard InChI is InChI=1S/C24H26FN7O5S/c1-14-8-6-9-17(28-14)23-29-30-24(32(23)20-18(35-3)10-7-11-19(20)36-4)31-38(33,34)15(2)21(37-5)22-26-12-16(25)13-27-22/h6-13,15,21H,1-5H3,(H,30,31)/t15-,21-/m1/s1. The second-order valence-electron chi connectivity index (χ2n) is 8.13. The van der Waals surface area contributed by atoms with Crippen LogP contribution in [0, 0.1) is 12.7 Å². The normalized spacial score (nSPS) is 13.1. The highest BCUT2D eigenvalue weighted by Crippen LogP contribution is 2.37. The van der Waals surface area contributed by atoms with E-state index in [0.717, 1.165) is 18.1 Å². The van der Waals surface area contributed by atoms with Crippen molar-refractivity contribution in [2.75, 3.05) is 26.1 Å². The van der Waals surface area contributed by atoms with E-state index in [1.807, 2.05) is 13.0 Å². The maximum Gasteiger partial charge on any atom is 0.243 e. The number of nitrogens with one attached hydrogen (secondary N) is 1. The monoisotopic (exact) mass is 543 g/mol. The zero-order chi connectivity index (χ0) is 27.4. The van der Waals surface area contributed by atoms with Gasteiger partial charge in [0.05, 0.1) is 26.6 Å². The van der Waals surface area contributed by atoms with E-state index in [4.69, 9.17) is 14.2 Å². The van der Waals surface area contributed by atoms with Crippen LogP contribution in [0.2, 0.25) is 0 Å². The fraction of sp³-hybridized carbons (Fsp3) is 0.292. The molecule has 12 nitrogen and oxygen atoms in total. The van der Waals surface area contributed by atoms with E-state index in [1.165, 1.54) is 32.8 Å². The fourth-order valence-corrected chi connectivity index (χ4v) is 4.94. The number of sulfonamides is 1. The van der Waals surface area contributed by atoms with Crippen LogP contribution in [0.15, 0.2) is 48.8 Å². The molecule has 0 fully saturated rings. The summed E-state index contributed by atoms with van der Waals surface area (Å²) in [5.41, 5.74) is 1.52. The number of nitrogens with zero attached hydrogens (tertiary/aromatic N) is 6. The van der Waals surface area contributed by atoms with Crippen molar-refractivity contribution in [3.63, 3.8) is 0 Å². The molecule has 38 heavy (non-hydrogen) atoms. The molecule has 200 valence electrons. The van der Waals surface area contributed by atoms with Gasteiger partial charge in [-0.25, -0.2) is 27.8 Å². The number of aromatic nitrogens is 6. The first-order valence-electron chi connectivity index (χ1n) is 11.3. The topological polar surface area (TPSA) is 143 Å². The van der Waals surface area contributed by atoms with Gasteiger partial charge in [0.15, 0.2) is 17.5 Å². The molecular weight excluding hydrogens is 517 g/mol. The third-order valence-electron chi connectivity index (χ3n) is 5.70. The first-order valence-corrected chi connectivity index (χ1v) is 12.9. The Balaban J connectivity index is 1.84. The van der Waals surface area contributed by atoms with Crippen LogP contribution in [-0.2, 0) is 14.8 Å². The Kier molecular flexibility index (Phi) is 7.83. The van der Waals surface area contributed by atoms with E-state index < -0.39 is 27.2 Å². The van der Waals surface area contributed by atoms with Crippen molar-refractivity contribution >= 4 is 16.0 Å². The Hall–Kier alpha value is -4.17. The van der Waals surface area contributed by atoms with Crippen LogP contribution < -0.4 is 14.2 Å². The number of rotatable bonds is 10. The number of benzene rings is 1. The van der Waals surface area contributed by atoms with Crippen LogP contribution in [0.1, 0.15) is 24.5 Å². The Morgan fingerprint density at radius 3 is 2.18 bits per heavy atom. The average molecular weight is 544 g/mol. The molecule has 0 aliphatic carbocycles. The summed E-state index contributed by atoms with van der Waals surface area (Å²) in [7, 11) is 0.0633. The van der Waals surface area contributed by atoms with Gasteiger partial charge in [-0.3, -0.25) is 9.29 Å². The van der Waals surface area contributed by atoms with Gasteiger partial charge in [-0.2, -0.15) is 0 Å². The molecule has 0 amide bonds. The highest BCUT2D eigenvalue weighted by atomic mass is 32.2. The van der Waals surface area contributed by atoms with Crippen molar-refractivity contribution in [3.05, 3.63) is 66.1 Å². The SMILES string of the molecule is COc1cccc(OC)c1-n1c(NS(=O)(=O)[C@H](C)[C@@H](OC)c2ncc(F)cn2)nnc1-c1cccc(C)n1. The molecule has 14 heteroatoms. The second-order valence-corrected chi connectivity index (χ2v) is 10.2. The quantitative estimate of drug-likeness (QED) is 0.317. The van der Waals surface area contributed by atoms with Crippen LogP contribution in [0.25, 0.3) is 17.2 Å². The van der Waals surface area contributed by atoms with Gasteiger partial charge in [0.1, 0.15) is 34.2 Å². The first-order chi connectivity index (χ1) is 18.2. The predicted octanol–water partition coefficient (Wildman–Crippen LogP) is 3.10. The van der Waals surface area contributed by atoms with E-state index in [1.54, 1.807) is 30.3 Å². The third-order valence-corrected chi connectivity index (χ3v) is 7.40. The molecule has 3 aromatic heterocycles. The molecule has 0 aliphatic rings. The number of methoxy groups -OCH3 is 3. The molecule has 0 saturated heterocycles. The number of aryl methyl sites for hydroxylation is 1. The van der Waals surface area contributed by atoms with Gasteiger partial charge >= 0.3 is 0 Å². The lowest BCUT2D eigenvalue weighted by molar-refractivity contribution is 0.0948. The molecule has 1 aromatic carbocycles. The number of para-hydroxylation sites is 1. The van der Waals surface area contributed by atoms with Gasteiger partial charge in [0.2, 0.25) is 16.0 Å². The van der Waals surface area contributed by atoms with Gasteiger partial charge in [-0.1, -0.05) is 12.1 Å². The van der Waals surface area contributed by atoms with Crippen molar-refractivity contribution in [2.24, 2.45) is 0 Å². The third kappa shape index (κ3) is 5.26. The molecule has 0 bridgehead atoms. The van der Waals surface area contributed by atoms with Crippen molar-refractivity contribution in [1.29, 1.82) is 0 Å². The van der Waals surface area contributed by atoms with E-state index in [0.29, 0.717) is 22.9 Å². The zero-order valence-corrected chi connectivity index (χ0v) is 22.1. The minimum absolute atomic E-state index is 0.00397. The Bertz CT molecular complexity index is 1510. The molecule has 0 spiro atoms. The average Bonchev–Trinajstić information content (AvgIpc) is 3.31. The number of hydrogen-bond acceptors (Lipinski definition) is 10. The van der Waals surface area contributed by atoms with E-state index in [2.05, 4.69) is 29.9 Å². The van der Waals surface area contributed by atoms with E-state index >= 15 is 0 Å². The van der Waals surface area contributed by atoms with Crippen LogP contribution in [-0.4, -0.2) is 64.7 Å². The second kappa shape index (κ2) is 11.1. The van der Waals surface area contributed by atoms with Crippen molar-refractivity contribution < 1.29 is 27.0 Å². The van der Waals surface area contributed by atoms with Crippen LogP contribution >= 0.6 is 0 Å². The molecule has 4 rings (SSSR count). The number of anilines is 1. The summed E-state index contributed by atoms with van der Waals surface area (Å²) in [6.07, 6.45) is 0.766. The minimum Gasteiger partial charge on any atom is -0.494 e. The van der Waals surface area contributed by atoms with Gasteiger partial charge in [0.25, 0.3) is 0 Å². The molecular formula is C24H26FN7O5S. The maximum atomic E-state index is 13.6. The Morgan fingerprint density at radius 1 is 0.974 bits per heavy atom. The van der Waals surface area contributed by atoms with E-state index in [-0.39, 0.29) is 17.6 Å². The van der Waals surface area contributed by atoms with Crippen molar-refractivity contribution in [2.45, 2.75) is 25.2 Å². The smallest absolute Gasteiger partial charge is 0.243 e. The lowest BCUT2D eigenvalue weighted by Crippen LogP contribution is -2.33. The molecule has 2 atom stereocenters. The molecule has 4 aromatic rings. The number of ether oxygens (including phenoxy) is 3. The van der Waals surface area contributed by atoms with Crippen LogP contribution in [0.4, 0.5) is 10.3 Å². The zero-order valence-electron chi connectivity index (χ0n) is 21.3. The van der Waals surface area contributed by atoms with Gasteiger partial charge in [0, 0.05) is 12.8 Å². The molecule has 0 saturated carbocycles. The number of pyridine rings is 1. The van der Waals surface area contributed by atoms with E-state index in [9.17, 15) is 12.8 Å². The highest BCUT2D eigenvalue weighted by Gasteiger charge is 2.35. The molecule has 0 aliphatic heterocycles. The summed E-state index contributed by atoms with van der Waals surface area (Å²) in [5.74, 6) is 0.194. The van der Waals surface area contributed by atoms with Gasteiger partial charge in [-0.15, -0.1) is 10.2 Å². The Labute approximate surface area is 218 Å². The van der Waals surface area contributed by atoms with Gasteiger partial charge < -0.3 is 14.2 Å². The summed E-state index contributed by atoms with van der Waals surface area (Å²) in [5, 5.41) is 7.16. The lowest BCUT2D eigenvalue weighted by Gasteiger charge is -2.22. The largest absolute Gasteiger partial charge is 0.494 e. The van der Waals surface area contributed by atoms with Crippen LogP contribution in [0.5, 0.6) is 11.5 Å². The first kappa shape index (κ1) is 26.9. The van der Waals surface area contributed by atoms with Crippen LogP contribution in [0.3, 0.4) is 0 Å². The summed E-state index contributed by atoms with van der Waals surface area (Å²) in [6.45, 7) is 3.23. The lowest BCUT2D eigenvalue weighted by atomic mass is 10.2. The molecule has 0 unspecified atom stereocenters. The number of hydrogen-bond donors (Lipinski definition) is 1. The Morgan fingerprint density at radius 2 is 1.61 bits per heavy atom. The number of halogens is 1.